The van der Waals surface area contributed by atoms with Crippen LogP contribution in [0.1, 0.15) is 35.4 Å². The molecule has 18 heavy (non-hydrogen) atoms. The van der Waals surface area contributed by atoms with Crippen LogP contribution in [0.25, 0.3) is 0 Å². The fourth-order valence-corrected chi connectivity index (χ4v) is 1.69. The second-order valence-electron chi connectivity index (χ2n) is 4.12. The summed E-state index contributed by atoms with van der Waals surface area (Å²) in [6, 6.07) is 4.27. The third-order valence-corrected chi connectivity index (χ3v) is 2.76. The molecular formula is C13H19NO4. The van der Waals surface area contributed by atoms with Gasteiger partial charge in [0.05, 0.1) is 11.7 Å². The van der Waals surface area contributed by atoms with Crippen LogP contribution in [-0.2, 0) is 0 Å². The van der Waals surface area contributed by atoms with Gasteiger partial charge in [0, 0.05) is 13.0 Å². The van der Waals surface area contributed by atoms with E-state index in [-0.39, 0.29) is 30.1 Å². The van der Waals surface area contributed by atoms with Gasteiger partial charge in [-0.3, -0.25) is 4.79 Å². The highest BCUT2D eigenvalue weighted by atomic mass is 16.3. The second kappa shape index (κ2) is 6.49. The quantitative estimate of drug-likeness (QED) is 0.557. The first-order valence-corrected chi connectivity index (χ1v) is 5.88. The number of hydrogen-bond donors (Lipinski definition) is 4. The summed E-state index contributed by atoms with van der Waals surface area (Å²) >= 11 is 0. The van der Waals surface area contributed by atoms with Crippen molar-refractivity contribution in [2.45, 2.75) is 25.6 Å². The summed E-state index contributed by atoms with van der Waals surface area (Å²) in [5.74, 6) is -0.314. The standard InChI is InChI=1S/C13H19NO4/c1-3-10(15)9-6-8(4-5-11(9)16)13(18)12(17)7-14-2/h4-6,12-14,16-18H,3,7H2,1-2H3. The van der Waals surface area contributed by atoms with E-state index in [4.69, 9.17) is 0 Å². The van der Waals surface area contributed by atoms with Gasteiger partial charge in [0.15, 0.2) is 5.78 Å². The molecule has 0 aromatic heterocycles. The third-order valence-electron chi connectivity index (χ3n) is 2.76. The number of phenols is 1. The molecule has 0 spiro atoms. The highest BCUT2D eigenvalue weighted by molar-refractivity contribution is 5.98. The summed E-state index contributed by atoms with van der Waals surface area (Å²) in [6.07, 6.45) is -1.79. The molecule has 0 bridgehead atoms. The van der Waals surface area contributed by atoms with Gasteiger partial charge >= 0.3 is 0 Å². The average molecular weight is 253 g/mol. The lowest BCUT2D eigenvalue weighted by Gasteiger charge is -2.18. The van der Waals surface area contributed by atoms with Crippen molar-refractivity contribution < 1.29 is 20.1 Å². The molecule has 0 fully saturated rings. The van der Waals surface area contributed by atoms with Crippen molar-refractivity contribution in [1.82, 2.24) is 5.32 Å². The molecule has 1 aromatic carbocycles. The van der Waals surface area contributed by atoms with Crippen LogP contribution in [0.2, 0.25) is 0 Å². The van der Waals surface area contributed by atoms with Crippen LogP contribution in [0.15, 0.2) is 18.2 Å². The molecule has 1 aromatic rings. The number of aliphatic hydroxyl groups is 2. The molecule has 0 amide bonds. The highest BCUT2D eigenvalue weighted by Crippen LogP contribution is 2.25. The fourth-order valence-electron chi connectivity index (χ4n) is 1.69. The van der Waals surface area contributed by atoms with Gasteiger partial charge in [0.1, 0.15) is 11.9 Å². The number of carbonyl (C=O) groups excluding carboxylic acids is 1. The summed E-state index contributed by atoms with van der Waals surface area (Å²) in [4.78, 5) is 11.6. The van der Waals surface area contributed by atoms with E-state index in [0.29, 0.717) is 5.56 Å². The lowest BCUT2D eigenvalue weighted by atomic mass is 9.98. The Bertz CT molecular complexity index is 419. The molecule has 0 aliphatic heterocycles. The number of phenolic OH excluding ortho intramolecular Hbond substituents is 1. The summed E-state index contributed by atoms with van der Waals surface area (Å²) in [7, 11) is 1.67. The molecule has 100 valence electrons. The van der Waals surface area contributed by atoms with Gasteiger partial charge in [0.25, 0.3) is 0 Å². The van der Waals surface area contributed by atoms with Crippen molar-refractivity contribution in [1.29, 1.82) is 0 Å². The number of likely N-dealkylation sites (N-methyl/N-ethyl adjacent to an activating group) is 1. The molecule has 0 saturated carbocycles. The van der Waals surface area contributed by atoms with E-state index in [9.17, 15) is 20.1 Å². The zero-order valence-corrected chi connectivity index (χ0v) is 10.6. The molecule has 2 atom stereocenters. The predicted molar refractivity (Wildman–Crippen MR) is 67.6 cm³/mol. The van der Waals surface area contributed by atoms with E-state index in [1.165, 1.54) is 18.2 Å². The van der Waals surface area contributed by atoms with E-state index in [1.54, 1.807) is 14.0 Å². The highest BCUT2D eigenvalue weighted by Gasteiger charge is 2.20. The lowest BCUT2D eigenvalue weighted by Crippen LogP contribution is -2.29. The van der Waals surface area contributed by atoms with E-state index >= 15 is 0 Å². The summed E-state index contributed by atoms with van der Waals surface area (Å²) in [5, 5.41) is 31.9. The number of rotatable bonds is 6. The van der Waals surface area contributed by atoms with Crippen LogP contribution in [0, 0.1) is 0 Å². The fraction of sp³-hybridized carbons (Fsp3) is 0.462. The van der Waals surface area contributed by atoms with Crippen molar-refractivity contribution in [2.24, 2.45) is 0 Å². The van der Waals surface area contributed by atoms with Gasteiger partial charge in [-0.05, 0) is 24.7 Å². The van der Waals surface area contributed by atoms with Gasteiger partial charge in [0.2, 0.25) is 0 Å². The average Bonchev–Trinajstić information content (AvgIpc) is 2.38. The molecule has 0 radical (unpaired) electrons. The Morgan fingerprint density at radius 3 is 2.61 bits per heavy atom. The first kappa shape index (κ1) is 14.6. The summed E-state index contributed by atoms with van der Waals surface area (Å²) in [5.41, 5.74) is 0.582. The molecule has 4 N–H and O–H groups in total. The number of benzene rings is 1. The normalized spacial score (nSPS) is 14.2. The molecule has 2 unspecified atom stereocenters. The van der Waals surface area contributed by atoms with Crippen molar-refractivity contribution in [3.8, 4) is 5.75 Å². The summed E-state index contributed by atoms with van der Waals surface area (Å²) < 4.78 is 0. The van der Waals surface area contributed by atoms with Crippen LogP contribution in [0.5, 0.6) is 5.75 Å². The van der Waals surface area contributed by atoms with Crippen LogP contribution in [-0.4, -0.2) is 40.8 Å². The maximum atomic E-state index is 11.6. The second-order valence-corrected chi connectivity index (χ2v) is 4.12. The van der Waals surface area contributed by atoms with E-state index in [0.717, 1.165) is 0 Å². The molecule has 5 nitrogen and oxygen atoms in total. The number of nitrogens with one attached hydrogen (secondary N) is 1. The lowest BCUT2D eigenvalue weighted by molar-refractivity contribution is 0.0202. The Hall–Kier alpha value is -1.43. The number of aliphatic hydroxyl groups excluding tert-OH is 2. The van der Waals surface area contributed by atoms with Crippen molar-refractivity contribution >= 4 is 5.78 Å². The minimum absolute atomic E-state index is 0.110. The summed E-state index contributed by atoms with van der Waals surface area (Å²) in [6.45, 7) is 1.93. The van der Waals surface area contributed by atoms with Gasteiger partial charge < -0.3 is 20.6 Å². The van der Waals surface area contributed by atoms with E-state index in [1.807, 2.05) is 0 Å². The van der Waals surface area contributed by atoms with Gasteiger partial charge in [-0.2, -0.15) is 0 Å². The van der Waals surface area contributed by atoms with Crippen molar-refractivity contribution in [3.63, 3.8) is 0 Å². The predicted octanol–water partition coefficient (Wildman–Crippen LogP) is 0.599. The SMILES string of the molecule is CCC(=O)c1cc(C(O)C(O)CNC)ccc1O. The monoisotopic (exact) mass is 253 g/mol. The van der Waals surface area contributed by atoms with Crippen LogP contribution in [0.4, 0.5) is 0 Å². The minimum atomic E-state index is -1.10. The zero-order chi connectivity index (χ0) is 13.7. The maximum absolute atomic E-state index is 11.6. The van der Waals surface area contributed by atoms with E-state index in [2.05, 4.69) is 5.32 Å². The van der Waals surface area contributed by atoms with Crippen LogP contribution >= 0.6 is 0 Å². The Labute approximate surface area is 106 Å². The topological polar surface area (TPSA) is 89.8 Å². The number of aromatic hydroxyl groups is 1. The number of carbonyl (C=O) groups is 1. The Balaban J connectivity index is 3.00. The molecular weight excluding hydrogens is 234 g/mol. The number of hydrogen-bond acceptors (Lipinski definition) is 5. The first-order valence-electron chi connectivity index (χ1n) is 5.88. The van der Waals surface area contributed by atoms with Crippen LogP contribution < -0.4 is 5.32 Å². The number of ketones is 1. The zero-order valence-electron chi connectivity index (χ0n) is 10.6. The largest absolute Gasteiger partial charge is 0.507 e. The first-order chi connectivity index (χ1) is 8.51. The third kappa shape index (κ3) is 3.29. The van der Waals surface area contributed by atoms with Crippen molar-refractivity contribution in [3.05, 3.63) is 29.3 Å². The molecule has 5 heteroatoms. The van der Waals surface area contributed by atoms with Crippen LogP contribution in [0.3, 0.4) is 0 Å². The Kier molecular flexibility index (Phi) is 5.27. The van der Waals surface area contributed by atoms with Gasteiger partial charge in [-0.15, -0.1) is 0 Å². The maximum Gasteiger partial charge on any atom is 0.166 e. The molecule has 0 aliphatic carbocycles. The van der Waals surface area contributed by atoms with Gasteiger partial charge in [-0.25, -0.2) is 0 Å². The van der Waals surface area contributed by atoms with Crippen molar-refractivity contribution in [2.75, 3.05) is 13.6 Å². The molecule has 0 saturated heterocycles. The Morgan fingerprint density at radius 1 is 1.39 bits per heavy atom. The smallest absolute Gasteiger partial charge is 0.166 e. The number of Topliss-reactive ketones (excluding diaryl/α,β-unsaturated/α-hetero) is 1. The van der Waals surface area contributed by atoms with E-state index < -0.39 is 12.2 Å². The molecule has 0 heterocycles. The molecule has 1 rings (SSSR count). The molecule has 0 aliphatic rings. The van der Waals surface area contributed by atoms with Gasteiger partial charge in [-0.1, -0.05) is 13.0 Å². The Morgan fingerprint density at radius 2 is 2.06 bits per heavy atom. The minimum Gasteiger partial charge on any atom is -0.507 e.